The zero-order valence-corrected chi connectivity index (χ0v) is 13.5. The molecular formula is C15H25N3O2S. The molecule has 0 bridgehead atoms. The van der Waals surface area contributed by atoms with Crippen molar-refractivity contribution < 1.29 is 8.42 Å². The van der Waals surface area contributed by atoms with Gasteiger partial charge in [0, 0.05) is 19.6 Å². The van der Waals surface area contributed by atoms with Gasteiger partial charge in [0.05, 0.1) is 4.90 Å². The number of nitrogens with zero attached hydrogens (tertiary/aromatic N) is 1. The normalized spacial score (nSPS) is 16.5. The van der Waals surface area contributed by atoms with Crippen LogP contribution in [-0.4, -0.2) is 39.5 Å². The lowest BCUT2D eigenvalue weighted by molar-refractivity contribution is 0.344. The Kier molecular flexibility index (Phi) is 5.75. The van der Waals surface area contributed by atoms with Crippen LogP contribution >= 0.6 is 0 Å². The molecule has 1 aromatic rings. The van der Waals surface area contributed by atoms with Crippen molar-refractivity contribution in [2.24, 2.45) is 5.73 Å². The summed E-state index contributed by atoms with van der Waals surface area (Å²) < 4.78 is 27.7. The lowest BCUT2D eigenvalue weighted by atomic mass is 10.1. The van der Waals surface area contributed by atoms with E-state index in [-0.39, 0.29) is 0 Å². The van der Waals surface area contributed by atoms with E-state index in [9.17, 15) is 8.42 Å². The third-order valence-electron chi connectivity index (χ3n) is 3.96. The molecule has 0 aromatic heterocycles. The molecule has 0 unspecified atom stereocenters. The highest BCUT2D eigenvalue weighted by Gasteiger charge is 2.19. The predicted octanol–water partition coefficient (Wildman–Crippen LogP) is 1.08. The van der Waals surface area contributed by atoms with Crippen molar-refractivity contribution in [2.75, 3.05) is 26.2 Å². The summed E-state index contributed by atoms with van der Waals surface area (Å²) in [6.07, 6.45) is 3.11. The van der Waals surface area contributed by atoms with E-state index in [2.05, 4.69) is 9.62 Å². The second kappa shape index (κ2) is 7.35. The lowest BCUT2D eigenvalue weighted by Crippen LogP contribution is -2.34. The summed E-state index contributed by atoms with van der Waals surface area (Å²) in [4.78, 5) is 2.66. The minimum absolute atomic E-state index is 0.348. The Bertz CT molecular complexity index is 566. The Balaban J connectivity index is 2.06. The smallest absolute Gasteiger partial charge is 0.240 e. The molecular weight excluding hydrogens is 286 g/mol. The molecule has 1 fully saturated rings. The van der Waals surface area contributed by atoms with E-state index in [1.807, 2.05) is 19.1 Å². The van der Waals surface area contributed by atoms with Gasteiger partial charge in [-0.1, -0.05) is 19.1 Å². The molecule has 0 radical (unpaired) electrons. The standard InChI is InChI=1S/C15H25N3O2S/c1-2-14-6-5-13(12-16)11-15(14)21(19,20)17-7-10-18-8-3-4-9-18/h5-6,11,17H,2-4,7-10,12,16H2,1H3. The van der Waals surface area contributed by atoms with Gasteiger partial charge in [-0.05, 0) is 49.5 Å². The number of nitrogens with one attached hydrogen (secondary N) is 1. The Hall–Kier alpha value is -0.950. The molecule has 1 aliphatic rings. The molecule has 1 aromatic carbocycles. The first-order chi connectivity index (χ1) is 10.1. The number of benzene rings is 1. The van der Waals surface area contributed by atoms with Crippen molar-refractivity contribution in [1.29, 1.82) is 0 Å². The van der Waals surface area contributed by atoms with Crippen LogP contribution < -0.4 is 10.5 Å². The number of sulfonamides is 1. The Morgan fingerprint density at radius 1 is 1.29 bits per heavy atom. The van der Waals surface area contributed by atoms with Crippen LogP contribution in [0.15, 0.2) is 23.1 Å². The number of rotatable bonds is 7. The van der Waals surface area contributed by atoms with Gasteiger partial charge in [-0.25, -0.2) is 13.1 Å². The molecule has 21 heavy (non-hydrogen) atoms. The first-order valence-corrected chi connectivity index (χ1v) is 9.09. The summed E-state index contributed by atoms with van der Waals surface area (Å²) in [5.74, 6) is 0. The van der Waals surface area contributed by atoms with Crippen molar-refractivity contribution in [3.8, 4) is 0 Å². The number of hydrogen-bond donors (Lipinski definition) is 2. The summed E-state index contributed by atoms with van der Waals surface area (Å²) in [6.45, 7) is 5.69. The molecule has 5 nitrogen and oxygen atoms in total. The third kappa shape index (κ3) is 4.26. The van der Waals surface area contributed by atoms with Crippen molar-refractivity contribution in [1.82, 2.24) is 9.62 Å². The predicted molar refractivity (Wildman–Crippen MR) is 84.6 cm³/mol. The Labute approximate surface area is 127 Å². The highest BCUT2D eigenvalue weighted by Crippen LogP contribution is 2.18. The average Bonchev–Trinajstić information content (AvgIpc) is 2.99. The zero-order valence-electron chi connectivity index (χ0n) is 12.6. The first kappa shape index (κ1) is 16.4. The van der Waals surface area contributed by atoms with Gasteiger partial charge in [0.1, 0.15) is 0 Å². The van der Waals surface area contributed by atoms with E-state index in [1.165, 1.54) is 12.8 Å². The topological polar surface area (TPSA) is 75.4 Å². The maximum absolute atomic E-state index is 12.5. The molecule has 3 N–H and O–H groups in total. The quantitative estimate of drug-likeness (QED) is 0.790. The molecule has 2 rings (SSSR count). The van der Waals surface area contributed by atoms with Crippen molar-refractivity contribution in [2.45, 2.75) is 37.6 Å². The molecule has 0 spiro atoms. The maximum Gasteiger partial charge on any atom is 0.240 e. The molecule has 0 amide bonds. The van der Waals surface area contributed by atoms with Crippen LogP contribution in [-0.2, 0) is 23.0 Å². The van der Waals surface area contributed by atoms with Crippen LogP contribution in [0, 0.1) is 0 Å². The second-order valence-electron chi connectivity index (χ2n) is 5.45. The average molecular weight is 311 g/mol. The van der Waals surface area contributed by atoms with Gasteiger partial charge < -0.3 is 10.6 Å². The summed E-state index contributed by atoms with van der Waals surface area (Å²) >= 11 is 0. The van der Waals surface area contributed by atoms with E-state index < -0.39 is 10.0 Å². The largest absolute Gasteiger partial charge is 0.326 e. The molecule has 118 valence electrons. The third-order valence-corrected chi connectivity index (χ3v) is 5.50. The molecule has 0 atom stereocenters. The summed E-state index contributed by atoms with van der Waals surface area (Å²) in [5, 5.41) is 0. The minimum atomic E-state index is -3.46. The first-order valence-electron chi connectivity index (χ1n) is 7.60. The van der Waals surface area contributed by atoms with Gasteiger partial charge in [-0.2, -0.15) is 0 Å². The second-order valence-corrected chi connectivity index (χ2v) is 7.18. The molecule has 6 heteroatoms. The zero-order chi connectivity index (χ0) is 15.3. The Morgan fingerprint density at radius 2 is 2.00 bits per heavy atom. The Morgan fingerprint density at radius 3 is 2.62 bits per heavy atom. The maximum atomic E-state index is 12.5. The lowest BCUT2D eigenvalue weighted by Gasteiger charge is -2.16. The summed E-state index contributed by atoms with van der Waals surface area (Å²) in [5.41, 5.74) is 7.29. The SMILES string of the molecule is CCc1ccc(CN)cc1S(=O)(=O)NCCN1CCCC1. The molecule has 1 aliphatic heterocycles. The van der Waals surface area contributed by atoms with E-state index in [1.54, 1.807) is 6.07 Å². The van der Waals surface area contributed by atoms with Crippen LogP contribution in [0.3, 0.4) is 0 Å². The molecule has 1 saturated heterocycles. The molecule has 1 heterocycles. The van der Waals surface area contributed by atoms with E-state index in [0.29, 0.717) is 24.4 Å². The van der Waals surface area contributed by atoms with Gasteiger partial charge in [0.2, 0.25) is 10.0 Å². The fraction of sp³-hybridized carbons (Fsp3) is 0.600. The number of likely N-dealkylation sites (tertiary alicyclic amines) is 1. The number of hydrogen-bond acceptors (Lipinski definition) is 4. The van der Waals surface area contributed by atoms with E-state index in [0.717, 1.165) is 30.8 Å². The van der Waals surface area contributed by atoms with Gasteiger partial charge in [-0.3, -0.25) is 0 Å². The van der Waals surface area contributed by atoms with E-state index in [4.69, 9.17) is 5.73 Å². The molecule has 0 saturated carbocycles. The van der Waals surface area contributed by atoms with Crippen LogP contribution in [0.1, 0.15) is 30.9 Å². The van der Waals surface area contributed by atoms with Crippen LogP contribution in [0.5, 0.6) is 0 Å². The summed E-state index contributed by atoms with van der Waals surface area (Å²) in [7, 11) is -3.46. The van der Waals surface area contributed by atoms with Crippen LogP contribution in [0.25, 0.3) is 0 Å². The molecule has 0 aliphatic carbocycles. The van der Waals surface area contributed by atoms with Crippen molar-refractivity contribution in [3.63, 3.8) is 0 Å². The highest BCUT2D eigenvalue weighted by atomic mass is 32.2. The number of aryl methyl sites for hydroxylation is 1. The van der Waals surface area contributed by atoms with E-state index >= 15 is 0 Å². The van der Waals surface area contributed by atoms with Gasteiger partial charge in [0.15, 0.2) is 0 Å². The van der Waals surface area contributed by atoms with Gasteiger partial charge in [-0.15, -0.1) is 0 Å². The number of nitrogens with two attached hydrogens (primary N) is 1. The monoisotopic (exact) mass is 311 g/mol. The minimum Gasteiger partial charge on any atom is -0.326 e. The van der Waals surface area contributed by atoms with Gasteiger partial charge in [0.25, 0.3) is 0 Å². The van der Waals surface area contributed by atoms with Crippen LogP contribution in [0.4, 0.5) is 0 Å². The highest BCUT2D eigenvalue weighted by molar-refractivity contribution is 7.89. The van der Waals surface area contributed by atoms with Gasteiger partial charge >= 0.3 is 0 Å². The summed E-state index contributed by atoms with van der Waals surface area (Å²) in [6, 6.07) is 5.44. The fourth-order valence-corrected chi connectivity index (χ4v) is 4.07. The van der Waals surface area contributed by atoms with Crippen molar-refractivity contribution >= 4 is 10.0 Å². The van der Waals surface area contributed by atoms with Crippen molar-refractivity contribution in [3.05, 3.63) is 29.3 Å². The fourth-order valence-electron chi connectivity index (χ4n) is 2.69. The van der Waals surface area contributed by atoms with Crippen LogP contribution in [0.2, 0.25) is 0 Å².